The van der Waals surface area contributed by atoms with E-state index < -0.39 is 10.0 Å². The number of carbonyl (C=O) groups is 1. The van der Waals surface area contributed by atoms with Crippen LogP contribution < -0.4 is 5.32 Å². The second-order valence-corrected chi connectivity index (χ2v) is 8.87. The zero-order valence-electron chi connectivity index (χ0n) is 14.5. The fourth-order valence-electron chi connectivity index (χ4n) is 3.93. The summed E-state index contributed by atoms with van der Waals surface area (Å²) in [6.45, 7) is 4.92. The van der Waals surface area contributed by atoms with E-state index in [1.54, 1.807) is 18.2 Å². The van der Waals surface area contributed by atoms with Crippen LogP contribution in [0.4, 0.5) is 0 Å². The number of benzene rings is 1. The SMILES string of the molecule is Cl.O=C(c1cccc(S(=O)(=O)N2CCOCC2)c1)N1C[C@H]2CNC[C@H]2C1. The number of fused-ring (bicyclic) bond motifs is 1. The number of hydrogen-bond acceptors (Lipinski definition) is 5. The normalized spacial score (nSPS) is 26.4. The van der Waals surface area contributed by atoms with Gasteiger partial charge in [0.15, 0.2) is 0 Å². The molecule has 0 aliphatic carbocycles. The molecular formula is C17H24ClN3O4S. The third-order valence-electron chi connectivity index (χ3n) is 5.37. The monoisotopic (exact) mass is 401 g/mol. The Hall–Kier alpha value is -1.19. The Labute approximate surface area is 160 Å². The van der Waals surface area contributed by atoms with Gasteiger partial charge in [0.05, 0.1) is 18.1 Å². The molecule has 0 aromatic heterocycles. The third kappa shape index (κ3) is 3.61. The minimum Gasteiger partial charge on any atom is -0.379 e. The summed E-state index contributed by atoms with van der Waals surface area (Å²) in [6.07, 6.45) is 0. The molecule has 3 aliphatic rings. The topological polar surface area (TPSA) is 79.0 Å². The molecule has 1 N–H and O–H groups in total. The third-order valence-corrected chi connectivity index (χ3v) is 7.26. The van der Waals surface area contributed by atoms with Crippen molar-refractivity contribution in [1.29, 1.82) is 0 Å². The van der Waals surface area contributed by atoms with Gasteiger partial charge in [-0.1, -0.05) is 6.07 Å². The van der Waals surface area contributed by atoms with E-state index in [1.807, 2.05) is 4.90 Å². The number of amides is 1. The maximum atomic E-state index is 12.8. The van der Waals surface area contributed by atoms with E-state index >= 15 is 0 Å². The molecule has 1 amide bonds. The summed E-state index contributed by atoms with van der Waals surface area (Å²) >= 11 is 0. The van der Waals surface area contributed by atoms with E-state index in [2.05, 4.69) is 5.32 Å². The van der Waals surface area contributed by atoms with Gasteiger partial charge in [-0.15, -0.1) is 12.4 Å². The van der Waals surface area contributed by atoms with Crippen molar-refractivity contribution in [1.82, 2.24) is 14.5 Å². The first-order valence-electron chi connectivity index (χ1n) is 8.73. The van der Waals surface area contributed by atoms with Crippen molar-refractivity contribution in [2.75, 3.05) is 52.5 Å². The van der Waals surface area contributed by atoms with Crippen molar-refractivity contribution >= 4 is 28.3 Å². The van der Waals surface area contributed by atoms with Crippen molar-refractivity contribution in [2.24, 2.45) is 11.8 Å². The van der Waals surface area contributed by atoms with Crippen molar-refractivity contribution in [3.05, 3.63) is 29.8 Å². The van der Waals surface area contributed by atoms with Crippen LogP contribution >= 0.6 is 12.4 Å². The molecule has 3 fully saturated rings. The predicted octanol–water partition coefficient (Wildman–Crippen LogP) is 0.421. The van der Waals surface area contributed by atoms with E-state index in [1.165, 1.54) is 10.4 Å². The highest BCUT2D eigenvalue weighted by Gasteiger charge is 2.38. The smallest absolute Gasteiger partial charge is 0.253 e. The number of morpholine rings is 1. The highest BCUT2D eigenvalue weighted by Crippen LogP contribution is 2.28. The Morgan fingerprint density at radius 1 is 1.12 bits per heavy atom. The summed E-state index contributed by atoms with van der Waals surface area (Å²) in [6, 6.07) is 6.43. The van der Waals surface area contributed by atoms with Gasteiger partial charge < -0.3 is 15.0 Å². The van der Waals surface area contributed by atoms with Gasteiger partial charge in [0.25, 0.3) is 5.91 Å². The molecule has 2 atom stereocenters. The highest BCUT2D eigenvalue weighted by molar-refractivity contribution is 7.89. The standard InChI is InChI=1S/C17H23N3O4S.ClH/c21-17(19-11-14-9-18-10-15(14)12-19)13-2-1-3-16(8-13)25(22,23)20-4-6-24-7-5-20;/h1-3,8,14-15,18H,4-7,9-12H2;1H/t14-,15+;. The number of rotatable bonds is 3. The van der Waals surface area contributed by atoms with Gasteiger partial charge in [-0.05, 0) is 30.0 Å². The molecule has 7 nitrogen and oxygen atoms in total. The predicted molar refractivity (Wildman–Crippen MR) is 99.0 cm³/mol. The number of nitrogens with zero attached hydrogens (tertiary/aromatic N) is 2. The molecule has 144 valence electrons. The Balaban J connectivity index is 0.00000196. The largest absolute Gasteiger partial charge is 0.379 e. The number of carbonyl (C=O) groups excluding carboxylic acids is 1. The highest BCUT2D eigenvalue weighted by atomic mass is 35.5. The zero-order valence-corrected chi connectivity index (χ0v) is 16.1. The number of nitrogens with one attached hydrogen (secondary N) is 1. The zero-order chi connectivity index (χ0) is 17.4. The minimum atomic E-state index is -3.58. The van der Waals surface area contributed by atoms with E-state index in [4.69, 9.17) is 4.74 Å². The lowest BCUT2D eigenvalue weighted by Gasteiger charge is -2.26. The Morgan fingerprint density at radius 2 is 1.77 bits per heavy atom. The lowest BCUT2D eigenvalue weighted by atomic mass is 10.0. The molecule has 1 aromatic rings. The first-order chi connectivity index (χ1) is 12.1. The van der Waals surface area contributed by atoms with Crippen LogP contribution in [0.25, 0.3) is 0 Å². The van der Waals surface area contributed by atoms with Crippen LogP contribution in [0.5, 0.6) is 0 Å². The first kappa shape index (κ1) is 19.6. The van der Waals surface area contributed by atoms with Crippen molar-refractivity contribution < 1.29 is 17.9 Å². The molecule has 4 rings (SSSR count). The van der Waals surface area contributed by atoms with Crippen LogP contribution in [-0.4, -0.2) is 76.0 Å². The lowest BCUT2D eigenvalue weighted by Crippen LogP contribution is -2.40. The molecule has 3 aliphatic heterocycles. The van der Waals surface area contributed by atoms with Crippen LogP contribution in [-0.2, 0) is 14.8 Å². The average Bonchev–Trinajstić information content (AvgIpc) is 3.24. The van der Waals surface area contributed by atoms with Crippen LogP contribution in [0, 0.1) is 11.8 Å². The van der Waals surface area contributed by atoms with E-state index in [0.717, 1.165) is 26.2 Å². The van der Waals surface area contributed by atoms with Crippen molar-refractivity contribution in [3.8, 4) is 0 Å². The Kier molecular flexibility index (Phi) is 5.88. The summed E-state index contributed by atoms with van der Waals surface area (Å²) in [4.78, 5) is 14.9. The molecule has 0 unspecified atom stereocenters. The maximum Gasteiger partial charge on any atom is 0.253 e. The maximum absolute atomic E-state index is 12.8. The van der Waals surface area contributed by atoms with E-state index in [9.17, 15) is 13.2 Å². The summed E-state index contributed by atoms with van der Waals surface area (Å²) < 4.78 is 32.2. The van der Waals surface area contributed by atoms with Gasteiger partial charge in [-0.25, -0.2) is 8.42 Å². The number of sulfonamides is 1. The fourth-order valence-corrected chi connectivity index (χ4v) is 5.38. The van der Waals surface area contributed by atoms with E-state index in [0.29, 0.717) is 43.7 Å². The Bertz CT molecular complexity index is 755. The summed E-state index contributed by atoms with van der Waals surface area (Å²) in [5, 5.41) is 3.36. The molecular weight excluding hydrogens is 378 g/mol. The molecule has 1 aromatic carbocycles. The molecule has 3 heterocycles. The van der Waals surface area contributed by atoms with Gasteiger partial charge in [0, 0.05) is 44.8 Å². The molecule has 0 saturated carbocycles. The van der Waals surface area contributed by atoms with Crippen molar-refractivity contribution in [3.63, 3.8) is 0 Å². The van der Waals surface area contributed by atoms with Gasteiger partial charge in [0.1, 0.15) is 0 Å². The fraction of sp³-hybridized carbons (Fsp3) is 0.588. The molecule has 3 saturated heterocycles. The Morgan fingerprint density at radius 3 is 2.42 bits per heavy atom. The van der Waals surface area contributed by atoms with Gasteiger partial charge in [0.2, 0.25) is 10.0 Å². The second kappa shape index (κ2) is 7.82. The first-order valence-corrected chi connectivity index (χ1v) is 10.2. The molecule has 26 heavy (non-hydrogen) atoms. The quantitative estimate of drug-likeness (QED) is 0.794. The number of ether oxygens (including phenoxy) is 1. The minimum absolute atomic E-state index is 0. The average molecular weight is 402 g/mol. The van der Waals surface area contributed by atoms with Crippen LogP contribution in [0.15, 0.2) is 29.2 Å². The summed E-state index contributed by atoms with van der Waals surface area (Å²) in [7, 11) is -3.58. The number of halogens is 1. The molecule has 0 radical (unpaired) electrons. The second-order valence-electron chi connectivity index (χ2n) is 6.93. The number of hydrogen-bond donors (Lipinski definition) is 1. The van der Waals surface area contributed by atoms with Gasteiger partial charge in [-0.3, -0.25) is 4.79 Å². The molecule has 0 bridgehead atoms. The molecule has 9 heteroatoms. The van der Waals surface area contributed by atoms with Gasteiger partial charge in [-0.2, -0.15) is 4.31 Å². The van der Waals surface area contributed by atoms with E-state index in [-0.39, 0.29) is 23.2 Å². The van der Waals surface area contributed by atoms with Gasteiger partial charge >= 0.3 is 0 Å². The molecule has 0 spiro atoms. The lowest BCUT2D eigenvalue weighted by molar-refractivity contribution is 0.0730. The summed E-state index contributed by atoms with van der Waals surface area (Å²) in [5.74, 6) is 0.960. The van der Waals surface area contributed by atoms with Crippen LogP contribution in [0.3, 0.4) is 0 Å². The summed E-state index contributed by atoms with van der Waals surface area (Å²) in [5.41, 5.74) is 0.447. The number of likely N-dealkylation sites (tertiary alicyclic amines) is 1. The van der Waals surface area contributed by atoms with Crippen LogP contribution in [0.1, 0.15) is 10.4 Å². The van der Waals surface area contributed by atoms with Crippen molar-refractivity contribution in [2.45, 2.75) is 4.90 Å². The van der Waals surface area contributed by atoms with Crippen LogP contribution in [0.2, 0.25) is 0 Å².